The van der Waals surface area contributed by atoms with Crippen LogP contribution in [0.15, 0.2) is 30.3 Å². The number of benzene rings is 1. The minimum absolute atomic E-state index is 0.0440. The minimum atomic E-state index is -2.80. The Balaban J connectivity index is 1.61. The maximum Gasteiger partial charge on any atom is 0.296 e. The summed E-state index contributed by atoms with van der Waals surface area (Å²) in [6.45, 7) is 7.33. The van der Waals surface area contributed by atoms with Gasteiger partial charge in [-0.2, -0.15) is 9.97 Å². The van der Waals surface area contributed by atoms with Gasteiger partial charge >= 0.3 is 0 Å². The third kappa shape index (κ3) is 4.46. The van der Waals surface area contributed by atoms with Crippen LogP contribution in [0, 0.1) is 0 Å². The van der Waals surface area contributed by atoms with Gasteiger partial charge in [0.1, 0.15) is 11.6 Å². The summed E-state index contributed by atoms with van der Waals surface area (Å²) in [5.41, 5.74) is 6.58. The molecule has 1 amide bonds. The Labute approximate surface area is 207 Å². The van der Waals surface area contributed by atoms with Gasteiger partial charge in [-0.1, -0.05) is 12.1 Å². The van der Waals surface area contributed by atoms with Crippen LogP contribution in [0.4, 0.5) is 20.4 Å². The molecule has 2 fully saturated rings. The van der Waals surface area contributed by atoms with Crippen molar-refractivity contribution in [3.63, 3.8) is 0 Å². The molecular formula is C24H30F2N8O2. The number of hydrogen-bond acceptors (Lipinski definition) is 8. The lowest BCUT2D eigenvalue weighted by atomic mass is 10.1. The molecule has 2 saturated heterocycles. The number of piperazine rings is 1. The molecule has 2 N–H and O–H groups in total. The Morgan fingerprint density at radius 1 is 1.06 bits per heavy atom. The molecule has 2 aliphatic rings. The molecule has 1 aromatic carbocycles. The zero-order valence-corrected chi connectivity index (χ0v) is 20.3. The van der Waals surface area contributed by atoms with E-state index in [0.717, 1.165) is 0 Å². The molecule has 2 aliphatic heterocycles. The second-order valence-electron chi connectivity index (χ2n) is 9.19. The molecule has 0 radical (unpaired) electrons. The van der Waals surface area contributed by atoms with Gasteiger partial charge in [0, 0.05) is 44.3 Å². The molecule has 2 atom stereocenters. The van der Waals surface area contributed by atoms with Crippen LogP contribution in [0.2, 0.25) is 0 Å². The minimum Gasteiger partial charge on any atom is -0.378 e. The van der Waals surface area contributed by atoms with E-state index in [4.69, 9.17) is 20.4 Å². The van der Waals surface area contributed by atoms with Gasteiger partial charge in [-0.15, -0.1) is 0 Å². The molecule has 5 rings (SSSR count). The standard InChI is InChI=1S/C24H30F2N8O2/c1-15-13-32(14-16(2)33(15)21(35)12-27)20-11-19(31-7-9-36-10-8-31)29-24(30-20)34-18-6-4-3-5-17(18)28-23(34)22(25)26/h3-6,11,15-16,22H,7-10,12-14,27H2,1-2H3. The number of morpholine rings is 1. The molecule has 3 aromatic rings. The SMILES string of the molecule is CC1CN(c2cc(N3CCOCC3)nc(-n3c(C(F)F)nc4ccccc43)n2)CC(C)N1C(=O)CN. The number of ether oxygens (including phenoxy) is 1. The van der Waals surface area contributed by atoms with Crippen LogP contribution in [0.3, 0.4) is 0 Å². The van der Waals surface area contributed by atoms with E-state index in [1.165, 1.54) is 4.57 Å². The number of amides is 1. The fraction of sp³-hybridized carbons (Fsp3) is 0.500. The first kappa shape index (κ1) is 24.3. The van der Waals surface area contributed by atoms with Crippen LogP contribution >= 0.6 is 0 Å². The first-order chi connectivity index (χ1) is 17.4. The van der Waals surface area contributed by atoms with Crippen molar-refractivity contribution in [3.05, 3.63) is 36.2 Å². The number of nitrogens with two attached hydrogens (primary N) is 1. The van der Waals surface area contributed by atoms with E-state index in [0.29, 0.717) is 62.1 Å². The van der Waals surface area contributed by atoms with Crippen molar-refractivity contribution in [2.75, 3.05) is 55.7 Å². The summed E-state index contributed by atoms with van der Waals surface area (Å²) in [7, 11) is 0. The highest BCUT2D eigenvalue weighted by Crippen LogP contribution is 2.30. The van der Waals surface area contributed by atoms with E-state index in [1.54, 1.807) is 29.2 Å². The largest absolute Gasteiger partial charge is 0.378 e. The van der Waals surface area contributed by atoms with Gasteiger partial charge in [0.05, 0.1) is 30.8 Å². The normalized spacial score (nSPS) is 21.0. The van der Waals surface area contributed by atoms with Crippen LogP contribution in [-0.4, -0.2) is 88.3 Å². The monoisotopic (exact) mass is 500 g/mol. The quantitative estimate of drug-likeness (QED) is 0.567. The summed E-state index contributed by atoms with van der Waals surface area (Å²) < 4.78 is 35.0. The molecule has 4 heterocycles. The van der Waals surface area contributed by atoms with Crippen LogP contribution in [0.5, 0.6) is 0 Å². The van der Waals surface area contributed by atoms with Crippen molar-refractivity contribution >= 4 is 28.6 Å². The number of aromatic nitrogens is 4. The van der Waals surface area contributed by atoms with E-state index in [2.05, 4.69) is 14.8 Å². The number of para-hydroxylation sites is 2. The van der Waals surface area contributed by atoms with Crippen LogP contribution in [0.1, 0.15) is 26.1 Å². The van der Waals surface area contributed by atoms with E-state index < -0.39 is 12.2 Å². The van der Waals surface area contributed by atoms with Crippen molar-refractivity contribution in [1.29, 1.82) is 0 Å². The van der Waals surface area contributed by atoms with Gasteiger partial charge < -0.3 is 25.2 Å². The summed E-state index contributed by atoms with van der Waals surface area (Å²) in [4.78, 5) is 32.0. The zero-order chi connectivity index (χ0) is 25.4. The van der Waals surface area contributed by atoms with E-state index in [9.17, 15) is 13.6 Å². The topological polar surface area (TPSA) is 106 Å². The molecule has 192 valence electrons. The number of fused-ring (bicyclic) bond motifs is 1. The summed E-state index contributed by atoms with van der Waals surface area (Å²) in [6, 6.07) is 8.66. The molecule has 2 unspecified atom stereocenters. The lowest BCUT2D eigenvalue weighted by Crippen LogP contribution is -2.60. The van der Waals surface area contributed by atoms with Gasteiger partial charge in [0.2, 0.25) is 11.9 Å². The molecule has 2 aromatic heterocycles. The van der Waals surface area contributed by atoms with Gasteiger partial charge in [0.25, 0.3) is 6.43 Å². The van der Waals surface area contributed by atoms with Crippen LogP contribution < -0.4 is 15.5 Å². The highest BCUT2D eigenvalue weighted by Gasteiger charge is 2.34. The van der Waals surface area contributed by atoms with Gasteiger partial charge in [0.15, 0.2) is 5.82 Å². The number of nitrogens with zero attached hydrogens (tertiary/aromatic N) is 7. The Hall–Kier alpha value is -3.38. The summed E-state index contributed by atoms with van der Waals surface area (Å²) in [5, 5.41) is 0. The average molecular weight is 501 g/mol. The number of carbonyl (C=O) groups is 1. The molecule has 0 bridgehead atoms. The molecule has 12 heteroatoms. The zero-order valence-electron chi connectivity index (χ0n) is 20.3. The fourth-order valence-corrected chi connectivity index (χ4v) is 5.13. The van der Waals surface area contributed by atoms with Crippen molar-refractivity contribution in [2.45, 2.75) is 32.4 Å². The fourth-order valence-electron chi connectivity index (χ4n) is 5.13. The smallest absolute Gasteiger partial charge is 0.296 e. The van der Waals surface area contributed by atoms with Crippen LogP contribution in [-0.2, 0) is 9.53 Å². The Kier molecular flexibility index (Phi) is 6.71. The summed E-state index contributed by atoms with van der Waals surface area (Å²) >= 11 is 0. The van der Waals surface area contributed by atoms with Crippen molar-refractivity contribution in [3.8, 4) is 5.95 Å². The number of alkyl halides is 2. The number of anilines is 2. The number of halogens is 2. The number of imidazole rings is 1. The van der Waals surface area contributed by atoms with Gasteiger partial charge in [-0.3, -0.25) is 9.36 Å². The predicted octanol–water partition coefficient (Wildman–Crippen LogP) is 1.97. The maximum atomic E-state index is 14.1. The number of rotatable bonds is 5. The number of carbonyl (C=O) groups excluding carboxylic acids is 1. The van der Waals surface area contributed by atoms with Gasteiger partial charge in [-0.25, -0.2) is 13.8 Å². The lowest BCUT2D eigenvalue weighted by molar-refractivity contribution is -0.134. The molecule has 0 aliphatic carbocycles. The highest BCUT2D eigenvalue weighted by atomic mass is 19.3. The third-order valence-electron chi connectivity index (χ3n) is 6.71. The van der Waals surface area contributed by atoms with Gasteiger partial charge in [-0.05, 0) is 26.0 Å². The van der Waals surface area contributed by atoms with Crippen molar-refractivity contribution in [2.24, 2.45) is 5.73 Å². The first-order valence-corrected chi connectivity index (χ1v) is 12.1. The predicted molar refractivity (Wildman–Crippen MR) is 132 cm³/mol. The molecule has 10 nitrogen and oxygen atoms in total. The Bertz CT molecular complexity index is 1230. The van der Waals surface area contributed by atoms with Crippen molar-refractivity contribution < 1.29 is 18.3 Å². The molecule has 0 spiro atoms. The van der Waals surface area contributed by atoms with E-state index >= 15 is 0 Å². The van der Waals surface area contributed by atoms with Crippen LogP contribution in [0.25, 0.3) is 17.0 Å². The highest BCUT2D eigenvalue weighted by molar-refractivity contribution is 5.79. The lowest BCUT2D eigenvalue weighted by Gasteiger charge is -2.45. The summed E-state index contributed by atoms with van der Waals surface area (Å²) in [5.74, 6) is 0.883. The van der Waals surface area contributed by atoms with E-state index in [1.807, 2.05) is 19.9 Å². The second-order valence-corrected chi connectivity index (χ2v) is 9.19. The number of hydrogen-bond donors (Lipinski definition) is 1. The second kappa shape index (κ2) is 9.94. The average Bonchev–Trinajstić information content (AvgIpc) is 3.28. The van der Waals surface area contributed by atoms with E-state index in [-0.39, 0.29) is 30.5 Å². The molecule has 0 saturated carbocycles. The third-order valence-corrected chi connectivity index (χ3v) is 6.71. The van der Waals surface area contributed by atoms with Crippen molar-refractivity contribution in [1.82, 2.24) is 24.4 Å². The first-order valence-electron chi connectivity index (χ1n) is 12.1. The maximum absolute atomic E-state index is 14.1. The Morgan fingerprint density at radius 3 is 2.33 bits per heavy atom. The Morgan fingerprint density at radius 2 is 1.69 bits per heavy atom. The molecule has 36 heavy (non-hydrogen) atoms. The summed E-state index contributed by atoms with van der Waals surface area (Å²) in [6.07, 6.45) is -2.80. The molecular weight excluding hydrogens is 470 g/mol.